The van der Waals surface area contributed by atoms with Crippen molar-refractivity contribution in [3.05, 3.63) is 140 Å². The number of carbonyl (C=O) groups excluding carboxylic acids is 2. The Hall–Kier alpha value is -5.86. The van der Waals surface area contributed by atoms with Crippen LogP contribution in [0.15, 0.2) is 97.1 Å². The smallest absolute Gasteiger partial charge is 0.307 e. The first-order valence-corrected chi connectivity index (χ1v) is 17.8. The molecule has 0 aliphatic rings. The number of nitrogens with zero attached hydrogens (tertiary/aromatic N) is 2. The number of esters is 2. The van der Waals surface area contributed by atoms with E-state index in [0.717, 1.165) is 11.1 Å². The maximum atomic E-state index is 13.1. The van der Waals surface area contributed by atoms with Crippen molar-refractivity contribution >= 4 is 23.3 Å². The molecule has 4 rings (SSSR count). The minimum atomic E-state index is -0.765. The zero-order valence-electron chi connectivity index (χ0n) is 30.3. The molecule has 0 bridgehead atoms. The maximum Gasteiger partial charge on any atom is 0.307 e. The number of hydrogen-bond acceptors (Lipinski definition) is 12. The highest BCUT2D eigenvalue weighted by atomic mass is 16.6. The average Bonchev–Trinajstić information content (AvgIpc) is 3.15. The standard InChI is InChI=1S/C40H46N4O10/c1-27(9-11-29-13-17-33(18-14-29)43(49)50)41-25-37(31-5-3-7-35(45)23-31)53-39(47)21-22-40(48)54-38(32-6-4-8-36(46)24-32)26-42-28(2)10-12-30-15-19-34(20-16-30)44(51)52/h3-8,13-20,23-24,27-28,37-38,41-42,45-46H,9-12,21-22,25-26H2,1-2H3. The molecule has 286 valence electrons. The second-order valence-electron chi connectivity index (χ2n) is 13.2. The van der Waals surface area contributed by atoms with E-state index >= 15 is 0 Å². The van der Waals surface area contributed by atoms with Gasteiger partial charge in [0, 0.05) is 49.4 Å². The fourth-order valence-corrected chi connectivity index (χ4v) is 5.70. The van der Waals surface area contributed by atoms with Crippen LogP contribution in [0, 0.1) is 20.2 Å². The van der Waals surface area contributed by atoms with E-state index in [1.165, 1.54) is 48.5 Å². The molecule has 4 aromatic carbocycles. The highest BCUT2D eigenvalue weighted by molar-refractivity contribution is 5.78. The molecule has 4 unspecified atom stereocenters. The maximum absolute atomic E-state index is 13.1. The average molecular weight is 743 g/mol. The van der Waals surface area contributed by atoms with Gasteiger partial charge in [-0.1, -0.05) is 48.5 Å². The van der Waals surface area contributed by atoms with Gasteiger partial charge >= 0.3 is 11.9 Å². The van der Waals surface area contributed by atoms with Crippen molar-refractivity contribution in [3.63, 3.8) is 0 Å². The van der Waals surface area contributed by atoms with E-state index in [1.54, 1.807) is 48.5 Å². The highest BCUT2D eigenvalue weighted by Gasteiger charge is 2.22. The van der Waals surface area contributed by atoms with Crippen molar-refractivity contribution in [2.24, 2.45) is 0 Å². The summed E-state index contributed by atoms with van der Waals surface area (Å²) in [6.45, 7) is 4.41. The molecule has 4 atom stereocenters. The van der Waals surface area contributed by atoms with Crippen molar-refractivity contribution < 1.29 is 39.1 Å². The number of aryl methyl sites for hydroxylation is 2. The van der Waals surface area contributed by atoms with E-state index in [0.29, 0.717) is 36.8 Å². The molecule has 0 aromatic heterocycles. The second kappa shape index (κ2) is 20.4. The summed E-state index contributed by atoms with van der Waals surface area (Å²) in [5.74, 6) is -1.24. The summed E-state index contributed by atoms with van der Waals surface area (Å²) in [5, 5.41) is 48.8. The van der Waals surface area contributed by atoms with Gasteiger partial charge < -0.3 is 30.3 Å². The molecule has 14 heteroatoms. The lowest BCUT2D eigenvalue weighted by atomic mass is 10.0. The molecule has 0 aliphatic heterocycles. The van der Waals surface area contributed by atoms with Gasteiger partial charge in [-0.15, -0.1) is 0 Å². The van der Waals surface area contributed by atoms with Crippen LogP contribution in [-0.4, -0.2) is 57.2 Å². The predicted molar refractivity (Wildman–Crippen MR) is 201 cm³/mol. The zero-order valence-corrected chi connectivity index (χ0v) is 30.3. The van der Waals surface area contributed by atoms with Crippen LogP contribution in [0.1, 0.15) is 74.0 Å². The molecule has 0 saturated carbocycles. The molecule has 0 fully saturated rings. The number of phenolic OH excluding ortho intramolecular Hbond substituents is 2. The number of rotatable bonds is 21. The van der Waals surface area contributed by atoms with E-state index in [4.69, 9.17) is 9.47 Å². The third kappa shape index (κ3) is 13.6. The Labute approximate surface area is 313 Å². The van der Waals surface area contributed by atoms with Crippen LogP contribution in [0.2, 0.25) is 0 Å². The van der Waals surface area contributed by atoms with E-state index in [2.05, 4.69) is 10.6 Å². The number of non-ortho nitro benzene ring substituents is 2. The van der Waals surface area contributed by atoms with Crippen LogP contribution >= 0.6 is 0 Å². The number of nitrogens with one attached hydrogen (secondary N) is 2. The molecule has 0 radical (unpaired) electrons. The van der Waals surface area contributed by atoms with Gasteiger partial charge in [-0.05, 0) is 86.1 Å². The van der Waals surface area contributed by atoms with E-state index in [-0.39, 0.29) is 60.9 Å². The number of benzene rings is 4. The lowest BCUT2D eigenvalue weighted by Gasteiger charge is -2.23. The molecule has 0 aliphatic carbocycles. The van der Waals surface area contributed by atoms with Crippen molar-refractivity contribution in [2.75, 3.05) is 13.1 Å². The first kappa shape index (κ1) is 40.9. The Morgan fingerprint density at radius 3 is 1.33 bits per heavy atom. The number of hydrogen-bond donors (Lipinski definition) is 4. The number of phenols is 2. The SMILES string of the molecule is CC(CCc1ccc([N+](=O)[O-])cc1)NCC(OC(=O)CCC(=O)OC(CNC(C)CCc1ccc([N+](=O)[O-])cc1)c1cccc(O)c1)c1cccc(O)c1. The number of ether oxygens (including phenoxy) is 2. The highest BCUT2D eigenvalue weighted by Crippen LogP contribution is 2.25. The van der Waals surface area contributed by atoms with Gasteiger partial charge in [0.1, 0.15) is 23.7 Å². The summed E-state index contributed by atoms with van der Waals surface area (Å²) in [6.07, 6.45) is 0.718. The van der Waals surface area contributed by atoms with Gasteiger partial charge in [-0.2, -0.15) is 0 Å². The van der Waals surface area contributed by atoms with Gasteiger partial charge in [-0.3, -0.25) is 29.8 Å². The Morgan fingerprint density at radius 1 is 0.630 bits per heavy atom. The van der Waals surface area contributed by atoms with Gasteiger partial charge in [0.15, 0.2) is 0 Å². The third-order valence-corrected chi connectivity index (χ3v) is 8.89. The van der Waals surface area contributed by atoms with Crippen LogP contribution < -0.4 is 10.6 Å². The molecule has 14 nitrogen and oxygen atoms in total. The molecule has 0 heterocycles. The van der Waals surface area contributed by atoms with Crippen LogP contribution in [0.3, 0.4) is 0 Å². The van der Waals surface area contributed by atoms with Crippen molar-refractivity contribution in [3.8, 4) is 11.5 Å². The molecule has 54 heavy (non-hydrogen) atoms. The van der Waals surface area contributed by atoms with Crippen LogP contribution in [0.25, 0.3) is 0 Å². The van der Waals surface area contributed by atoms with E-state index in [1.807, 2.05) is 13.8 Å². The fraction of sp³-hybridized carbons (Fsp3) is 0.350. The third-order valence-electron chi connectivity index (χ3n) is 8.89. The topological polar surface area (TPSA) is 203 Å². The molecule has 0 amide bonds. The molecule has 0 saturated heterocycles. The summed E-state index contributed by atoms with van der Waals surface area (Å²) >= 11 is 0. The van der Waals surface area contributed by atoms with E-state index < -0.39 is 34.0 Å². The molecule has 4 N–H and O–H groups in total. The predicted octanol–water partition coefficient (Wildman–Crippen LogP) is 6.79. The number of nitro benzene ring substituents is 2. The van der Waals surface area contributed by atoms with Crippen LogP contribution in [0.4, 0.5) is 11.4 Å². The first-order chi connectivity index (χ1) is 25.9. The lowest BCUT2D eigenvalue weighted by molar-refractivity contribution is -0.385. The van der Waals surface area contributed by atoms with Gasteiger partial charge in [0.05, 0.1) is 22.7 Å². The minimum Gasteiger partial charge on any atom is -0.508 e. The number of nitro groups is 2. The Kier molecular flexibility index (Phi) is 15.5. The van der Waals surface area contributed by atoms with Crippen molar-refractivity contribution in [1.29, 1.82) is 0 Å². The summed E-state index contributed by atoms with van der Waals surface area (Å²) in [6, 6.07) is 25.6. The van der Waals surface area contributed by atoms with Gasteiger partial charge in [-0.25, -0.2) is 0 Å². The molecule has 0 spiro atoms. The van der Waals surface area contributed by atoms with Gasteiger partial charge in [0.25, 0.3) is 11.4 Å². The Balaban J connectivity index is 1.29. The van der Waals surface area contributed by atoms with E-state index in [9.17, 15) is 40.0 Å². The summed E-state index contributed by atoms with van der Waals surface area (Å²) < 4.78 is 11.6. The molecule has 4 aromatic rings. The quantitative estimate of drug-likeness (QED) is 0.0396. The molecular formula is C40H46N4O10. The first-order valence-electron chi connectivity index (χ1n) is 17.8. The fourth-order valence-electron chi connectivity index (χ4n) is 5.70. The zero-order chi connectivity index (χ0) is 39.0. The summed E-state index contributed by atoms with van der Waals surface area (Å²) in [7, 11) is 0. The summed E-state index contributed by atoms with van der Waals surface area (Å²) in [4.78, 5) is 47.1. The Bertz CT molecular complexity index is 1720. The van der Waals surface area contributed by atoms with Crippen LogP contribution in [-0.2, 0) is 31.9 Å². The largest absolute Gasteiger partial charge is 0.508 e. The number of carbonyl (C=O) groups is 2. The van der Waals surface area contributed by atoms with Crippen molar-refractivity contribution in [2.45, 2.75) is 76.7 Å². The Morgan fingerprint density at radius 2 is 1.00 bits per heavy atom. The minimum absolute atomic E-state index is 0.00983. The second-order valence-corrected chi connectivity index (χ2v) is 13.2. The number of aromatic hydroxyl groups is 2. The van der Waals surface area contributed by atoms with Gasteiger partial charge in [0.2, 0.25) is 0 Å². The van der Waals surface area contributed by atoms with Crippen molar-refractivity contribution in [1.82, 2.24) is 10.6 Å². The lowest BCUT2D eigenvalue weighted by Crippen LogP contribution is -2.33. The molecular weight excluding hydrogens is 696 g/mol. The normalized spacial score (nSPS) is 13.3. The summed E-state index contributed by atoms with van der Waals surface area (Å²) in [5.41, 5.74) is 3.10. The monoisotopic (exact) mass is 742 g/mol. The van der Waals surface area contributed by atoms with Crippen LogP contribution in [0.5, 0.6) is 11.5 Å².